The van der Waals surface area contributed by atoms with Gasteiger partial charge in [-0.1, -0.05) is 25.1 Å². The fourth-order valence-corrected chi connectivity index (χ4v) is 2.13. The largest absolute Gasteiger partial charge is 0.396 e. The van der Waals surface area contributed by atoms with Crippen LogP contribution >= 0.6 is 0 Å². The molecule has 4 heteroatoms. The number of aliphatic hydroxyl groups excluding tert-OH is 2. The molecular weight excluding hydrogens is 240 g/mol. The zero-order valence-electron chi connectivity index (χ0n) is 11.1. The molecule has 0 saturated heterocycles. The van der Waals surface area contributed by atoms with Crippen molar-refractivity contribution in [2.24, 2.45) is 0 Å². The van der Waals surface area contributed by atoms with Crippen molar-refractivity contribution in [2.75, 3.05) is 11.9 Å². The lowest BCUT2D eigenvalue weighted by Crippen LogP contribution is -2.21. The zero-order chi connectivity index (χ0) is 13.7. The summed E-state index contributed by atoms with van der Waals surface area (Å²) in [6, 6.07) is 9.96. The number of aliphatic hydroxyl groups is 2. The molecule has 1 atom stereocenters. The van der Waals surface area contributed by atoms with E-state index >= 15 is 0 Å². The van der Waals surface area contributed by atoms with E-state index in [4.69, 9.17) is 5.11 Å². The topological polar surface area (TPSA) is 65.4 Å². The van der Waals surface area contributed by atoms with Crippen LogP contribution in [0.5, 0.6) is 0 Å². The molecule has 2 rings (SSSR count). The highest BCUT2D eigenvalue weighted by atomic mass is 16.3. The van der Waals surface area contributed by atoms with Gasteiger partial charge in [0.2, 0.25) is 0 Å². The summed E-state index contributed by atoms with van der Waals surface area (Å²) in [4.78, 5) is 4.56. The molecule has 0 bridgehead atoms. The van der Waals surface area contributed by atoms with Gasteiger partial charge in [0.05, 0.1) is 12.1 Å². The average Bonchev–Trinajstić information content (AvgIpc) is 2.46. The molecular formula is C15H20N2O2. The molecule has 0 radical (unpaired) electrons. The highest BCUT2D eigenvalue weighted by Crippen LogP contribution is 2.22. The van der Waals surface area contributed by atoms with Crippen molar-refractivity contribution in [3.63, 3.8) is 0 Å². The predicted octanol–water partition coefficient (Wildman–Crippen LogP) is 2.30. The van der Waals surface area contributed by atoms with Crippen LogP contribution in [0.4, 0.5) is 5.82 Å². The highest BCUT2D eigenvalue weighted by Gasteiger charge is 2.11. The summed E-state index contributed by atoms with van der Waals surface area (Å²) in [5.74, 6) is 0.710. The second-order valence-corrected chi connectivity index (χ2v) is 4.61. The quantitative estimate of drug-likeness (QED) is 0.745. The second-order valence-electron chi connectivity index (χ2n) is 4.61. The molecule has 1 unspecified atom stereocenters. The lowest BCUT2D eigenvalue weighted by Gasteiger charge is -2.19. The van der Waals surface area contributed by atoms with Crippen LogP contribution in [-0.4, -0.2) is 27.8 Å². The first-order valence-corrected chi connectivity index (χ1v) is 6.65. The van der Waals surface area contributed by atoms with Crippen LogP contribution in [0.3, 0.4) is 0 Å². The fraction of sp³-hybridized carbons (Fsp3) is 0.400. The van der Waals surface area contributed by atoms with Crippen molar-refractivity contribution in [3.8, 4) is 0 Å². The average molecular weight is 260 g/mol. The molecule has 19 heavy (non-hydrogen) atoms. The molecule has 0 aliphatic rings. The minimum atomic E-state index is -0.0459. The normalized spacial score (nSPS) is 12.6. The van der Waals surface area contributed by atoms with Crippen molar-refractivity contribution in [1.29, 1.82) is 0 Å². The Morgan fingerprint density at radius 2 is 2.05 bits per heavy atom. The van der Waals surface area contributed by atoms with Gasteiger partial charge in [-0.3, -0.25) is 0 Å². The van der Waals surface area contributed by atoms with E-state index in [1.807, 2.05) is 30.3 Å². The standard InChI is InChI=1S/C15H20N2O2/c1-2-13(7-8-18)16-15-12(10-19)9-11-5-3-4-6-14(11)17-15/h3-6,9,13,18-19H,2,7-8,10H2,1H3,(H,16,17). The molecule has 0 fully saturated rings. The van der Waals surface area contributed by atoms with E-state index in [1.165, 1.54) is 0 Å². The summed E-state index contributed by atoms with van der Waals surface area (Å²) >= 11 is 0. The van der Waals surface area contributed by atoms with Gasteiger partial charge in [-0.25, -0.2) is 4.98 Å². The van der Waals surface area contributed by atoms with Crippen LogP contribution in [0, 0.1) is 0 Å². The minimum absolute atomic E-state index is 0.0459. The van der Waals surface area contributed by atoms with Crippen molar-refractivity contribution >= 4 is 16.7 Å². The second kappa shape index (κ2) is 6.50. The van der Waals surface area contributed by atoms with Gasteiger partial charge in [-0.05, 0) is 25.0 Å². The summed E-state index contributed by atoms with van der Waals surface area (Å²) in [6.45, 7) is 2.16. The van der Waals surface area contributed by atoms with E-state index in [0.29, 0.717) is 12.2 Å². The maximum atomic E-state index is 9.46. The number of aromatic nitrogens is 1. The third-order valence-electron chi connectivity index (χ3n) is 3.28. The third-order valence-corrected chi connectivity index (χ3v) is 3.28. The number of rotatable bonds is 6. The van der Waals surface area contributed by atoms with Crippen LogP contribution in [-0.2, 0) is 6.61 Å². The molecule has 0 aliphatic carbocycles. The van der Waals surface area contributed by atoms with E-state index in [1.54, 1.807) is 0 Å². The number of pyridine rings is 1. The lowest BCUT2D eigenvalue weighted by molar-refractivity contribution is 0.276. The van der Waals surface area contributed by atoms with E-state index in [9.17, 15) is 5.11 Å². The number of hydrogen-bond acceptors (Lipinski definition) is 4. The molecule has 0 aliphatic heterocycles. The van der Waals surface area contributed by atoms with Gasteiger partial charge in [0, 0.05) is 23.6 Å². The van der Waals surface area contributed by atoms with Gasteiger partial charge in [-0.2, -0.15) is 0 Å². The number of benzene rings is 1. The molecule has 0 amide bonds. The van der Waals surface area contributed by atoms with Gasteiger partial charge < -0.3 is 15.5 Å². The summed E-state index contributed by atoms with van der Waals surface area (Å²) in [5.41, 5.74) is 1.69. The zero-order valence-corrected chi connectivity index (χ0v) is 11.1. The Hall–Kier alpha value is -1.65. The predicted molar refractivity (Wildman–Crippen MR) is 77.1 cm³/mol. The van der Waals surface area contributed by atoms with Crippen LogP contribution in [0.1, 0.15) is 25.3 Å². The molecule has 0 saturated carbocycles. The smallest absolute Gasteiger partial charge is 0.132 e. The first kappa shape index (κ1) is 13.8. The molecule has 1 aromatic heterocycles. The lowest BCUT2D eigenvalue weighted by atomic mass is 10.1. The Bertz CT molecular complexity index is 543. The number of hydrogen-bond donors (Lipinski definition) is 3. The molecule has 102 valence electrons. The summed E-state index contributed by atoms with van der Waals surface area (Å²) in [5, 5.41) is 22.8. The number of para-hydroxylation sites is 1. The number of fused-ring (bicyclic) bond motifs is 1. The van der Waals surface area contributed by atoms with Gasteiger partial charge in [-0.15, -0.1) is 0 Å². The van der Waals surface area contributed by atoms with Crippen molar-refractivity contribution < 1.29 is 10.2 Å². The molecule has 4 nitrogen and oxygen atoms in total. The highest BCUT2D eigenvalue weighted by molar-refractivity contribution is 5.81. The number of nitrogens with zero attached hydrogens (tertiary/aromatic N) is 1. The van der Waals surface area contributed by atoms with E-state index in [0.717, 1.165) is 22.9 Å². The molecule has 3 N–H and O–H groups in total. The Morgan fingerprint density at radius 3 is 2.74 bits per heavy atom. The van der Waals surface area contributed by atoms with Crippen LogP contribution in [0.2, 0.25) is 0 Å². The Morgan fingerprint density at radius 1 is 1.26 bits per heavy atom. The first-order valence-electron chi connectivity index (χ1n) is 6.65. The number of anilines is 1. The summed E-state index contributed by atoms with van der Waals surface area (Å²) in [6.07, 6.45) is 1.58. The molecule has 1 heterocycles. The first-order chi connectivity index (χ1) is 9.28. The third kappa shape index (κ3) is 3.22. The van der Waals surface area contributed by atoms with Gasteiger partial charge in [0.1, 0.15) is 5.82 Å². The van der Waals surface area contributed by atoms with Crippen molar-refractivity contribution in [2.45, 2.75) is 32.4 Å². The van der Waals surface area contributed by atoms with Crippen LogP contribution < -0.4 is 5.32 Å². The Kier molecular flexibility index (Phi) is 4.71. The van der Waals surface area contributed by atoms with E-state index in [-0.39, 0.29) is 19.3 Å². The number of nitrogens with one attached hydrogen (secondary N) is 1. The summed E-state index contributed by atoms with van der Waals surface area (Å²) < 4.78 is 0. The Labute approximate surface area is 113 Å². The van der Waals surface area contributed by atoms with Gasteiger partial charge >= 0.3 is 0 Å². The van der Waals surface area contributed by atoms with Gasteiger partial charge in [0.25, 0.3) is 0 Å². The van der Waals surface area contributed by atoms with E-state index < -0.39 is 0 Å². The molecule has 2 aromatic rings. The Balaban J connectivity index is 2.34. The van der Waals surface area contributed by atoms with E-state index in [2.05, 4.69) is 17.2 Å². The SMILES string of the molecule is CCC(CCO)Nc1nc2ccccc2cc1CO. The fourth-order valence-electron chi connectivity index (χ4n) is 2.13. The maximum absolute atomic E-state index is 9.46. The minimum Gasteiger partial charge on any atom is -0.396 e. The maximum Gasteiger partial charge on any atom is 0.132 e. The summed E-state index contributed by atoms with van der Waals surface area (Å²) in [7, 11) is 0. The molecule has 1 aromatic carbocycles. The van der Waals surface area contributed by atoms with Gasteiger partial charge in [0.15, 0.2) is 0 Å². The van der Waals surface area contributed by atoms with Crippen LogP contribution in [0.25, 0.3) is 10.9 Å². The molecule has 0 spiro atoms. The van der Waals surface area contributed by atoms with Crippen molar-refractivity contribution in [1.82, 2.24) is 4.98 Å². The monoisotopic (exact) mass is 260 g/mol. The van der Waals surface area contributed by atoms with Crippen LogP contribution in [0.15, 0.2) is 30.3 Å². The van der Waals surface area contributed by atoms with Crippen molar-refractivity contribution in [3.05, 3.63) is 35.9 Å².